The highest BCUT2D eigenvalue weighted by Gasteiger charge is 2.11. The van der Waals surface area contributed by atoms with Gasteiger partial charge in [0.05, 0.1) is 0 Å². The number of thiophene rings is 1. The maximum Gasteiger partial charge on any atom is 0.0408 e. The average molecular weight is 359 g/mol. The van der Waals surface area contributed by atoms with E-state index in [4.69, 9.17) is 11.6 Å². The summed E-state index contributed by atoms with van der Waals surface area (Å²) in [7, 11) is 2.01. The molecule has 0 aliphatic rings. The lowest BCUT2D eigenvalue weighted by molar-refractivity contribution is 0.496. The van der Waals surface area contributed by atoms with Crippen LogP contribution in [0.4, 0.5) is 0 Å². The third-order valence-corrected chi connectivity index (χ3v) is 4.97. The van der Waals surface area contributed by atoms with Gasteiger partial charge in [0.2, 0.25) is 0 Å². The molecule has 2 aromatic rings. The first-order chi connectivity index (χ1) is 9.17. The van der Waals surface area contributed by atoms with Crippen molar-refractivity contribution in [3.63, 3.8) is 0 Å². The Morgan fingerprint density at radius 2 is 2.16 bits per heavy atom. The van der Waals surface area contributed by atoms with Gasteiger partial charge in [-0.1, -0.05) is 23.7 Å². The van der Waals surface area contributed by atoms with E-state index in [1.54, 1.807) is 0 Å². The Hall–Kier alpha value is -0.350. The first-order valence-corrected chi connectivity index (χ1v) is 8.34. The zero-order valence-corrected chi connectivity index (χ0v) is 14.0. The van der Waals surface area contributed by atoms with E-state index in [0.717, 1.165) is 24.4 Å². The molecule has 0 radical (unpaired) electrons. The van der Waals surface area contributed by atoms with Gasteiger partial charge >= 0.3 is 0 Å². The molecule has 1 unspecified atom stereocenters. The molecule has 1 aromatic carbocycles. The standard InChI is InChI=1S/C15H17BrClNS/c1-18-9-12(7-15-8-13(16)10-19-15)5-11-3-2-4-14(17)6-11/h2-4,6,8,10,12,18H,5,7,9H2,1H3. The summed E-state index contributed by atoms with van der Waals surface area (Å²) >= 11 is 11.4. The van der Waals surface area contributed by atoms with Crippen molar-refractivity contribution in [1.82, 2.24) is 5.32 Å². The fourth-order valence-corrected chi connectivity index (χ4v) is 4.03. The normalized spacial score (nSPS) is 12.6. The molecule has 0 aliphatic carbocycles. The van der Waals surface area contributed by atoms with Crippen LogP contribution in [0.15, 0.2) is 40.2 Å². The Balaban J connectivity index is 2.03. The summed E-state index contributed by atoms with van der Waals surface area (Å²) in [5.41, 5.74) is 1.31. The highest BCUT2D eigenvalue weighted by Crippen LogP contribution is 2.24. The summed E-state index contributed by atoms with van der Waals surface area (Å²) in [4.78, 5) is 1.43. The van der Waals surface area contributed by atoms with Gasteiger partial charge in [-0.15, -0.1) is 11.3 Å². The number of benzene rings is 1. The number of hydrogen-bond acceptors (Lipinski definition) is 2. The number of hydrogen-bond donors (Lipinski definition) is 1. The highest BCUT2D eigenvalue weighted by atomic mass is 79.9. The van der Waals surface area contributed by atoms with Crippen LogP contribution in [0.1, 0.15) is 10.4 Å². The van der Waals surface area contributed by atoms with Crippen molar-refractivity contribution in [2.24, 2.45) is 5.92 Å². The Labute approximate surface area is 132 Å². The number of nitrogens with one attached hydrogen (secondary N) is 1. The van der Waals surface area contributed by atoms with Gasteiger partial charge in [-0.2, -0.15) is 0 Å². The average Bonchev–Trinajstić information content (AvgIpc) is 2.75. The van der Waals surface area contributed by atoms with Crippen LogP contribution in [-0.4, -0.2) is 13.6 Å². The van der Waals surface area contributed by atoms with Gasteiger partial charge < -0.3 is 5.32 Å². The Morgan fingerprint density at radius 3 is 2.79 bits per heavy atom. The zero-order chi connectivity index (χ0) is 13.7. The lowest BCUT2D eigenvalue weighted by atomic mass is 9.95. The third-order valence-electron chi connectivity index (χ3n) is 3.02. The van der Waals surface area contributed by atoms with Crippen LogP contribution in [0.5, 0.6) is 0 Å². The molecular weight excluding hydrogens is 342 g/mol. The van der Waals surface area contributed by atoms with Crippen molar-refractivity contribution in [3.8, 4) is 0 Å². The maximum absolute atomic E-state index is 6.05. The molecule has 4 heteroatoms. The van der Waals surface area contributed by atoms with Crippen molar-refractivity contribution in [3.05, 3.63) is 55.6 Å². The molecule has 1 atom stereocenters. The summed E-state index contributed by atoms with van der Waals surface area (Å²) in [5, 5.41) is 6.25. The fourth-order valence-electron chi connectivity index (χ4n) is 2.25. The van der Waals surface area contributed by atoms with Crippen molar-refractivity contribution < 1.29 is 0 Å². The molecule has 0 aliphatic heterocycles. The Morgan fingerprint density at radius 1 is 1.32 bits per heavy atom. The Kier molecular flexibility index (Phi) is 5.89. The lowest BCUT2D eigenvalue weighted by Gasteiger charge is -2.16. The topological polar surface area (TPSA) is 12.0 Å². The predicted molar refractivity (Wildman–Crippen MR) is 88.3 cm³/mol. The summed E-state index contributed by atoms with van der Waals surface area (Å²) in [6, 6.07) is 10.4. The molecule has 0 saturated carbocycles. The van der Waals surface area contributed by atoms with E-state index < -0.39 is 0 Å². The third kappa shape index (κ3) is 4.92. The van der Waals surface area contributed by atoms with Gasteiger partial charge in [0.1, 0.15) is 0 Å². The summed E-state index contributed by atoms with van der Waals surface area (Å²) in [6.07, 6.45) is 2.15. The van der Waals surface area contributed by atoms with Crippen LogP contribution < -0.4 is 5.32 Å². The van der Waals surface area contributed by atoms with E-state index in [2.05, 4.69) is 44.8 Å². The molecule has 19 heavy (non-hydrogen) atoms. The first-order valence-electron chi connectivity index (χ1n) is 6.29. The second-order valence-corrected chi connectivity index (χ2v) is 7.04. The summed E-state index contributed by atoms with van der Waals surface area (Å²) < 4.78 is 1.18. The smallest absolute Gasteiger partial charge is 0.0408 e. The van der Waals surface area contributed by atoms with E-state index in [1.165, 1.54) is 14.9 Å². The van der Waals surface area contributed by atoms with Crippen LogP contribution in [0.2, 0.25) is 5.02 Å². The highest BCUT2D eigenvalue weighted by molar-refractivity contribution is 9.10. The van der Waals surface area contributed by atoms with Crippen molar-refractivity contribution in [1.29, 1.82) is 0 Å². The van der Waals surface area contributed by atoms with Crippen LogP contribution in [0.3, 0.4) is 0 Å². The maximum atomic E-state index is 6.05. The minimum absolute atomic E-state index is 0.592. The monoisotopic (exact) mass is 357 g/mol. The molecule has 1 nitrogen and oxygen atoms in total. The first kappa shape index (κ1) is 15.0. The molecule has 0 bridgehead atoms. The summed E-state index contributed by atoms with van der Waals surface area (Å²) in [5.74, 6) is 0.592. The molecule has 1 heterocycles. The van der Waals surface area contributed by atoms with Gasteiger partial charge in [-0.05, 0) is 72.0 Å². The van der Waals surface area contributed by atoms with Gasteiger partial charge in [-0.25, -0.2) is 0 Å². The molecule has 1 N–H and O–H groups in total. The predicted octanol–water partition coefficient (Wildman–Crippen LogP) is 4.78. The molecular formula is C15H17BrClNS. The van der Waals surface area contributed by atoms with Gasteiger partial charge in [0.15, 0.2) is 0 Å². The quantitative estimate of drug-likeness (QED) is 0.783. The van der Waals surface area contributed by atoms with Crippen molar-refractivity contribution in [2.45, 2.75) is 12.8 Å². The van der Waals surface area contributed by atoms with E-state index in [1.807, 2.05) is 30.5 Å². The van der Waals surface area contributed by atoms with Crippen molar-refractivity contribution in [2.75, 3.05) is 13.6 Å². The summed E-state index contributed by atoms with van der Waals surface area (Å²) in [6.45, 7) is 1.02. The van der Waals surface area contributed by atoms with E-state index in [0.29, 0.717) is 5.92 Å². The SMILES string of the molecule is CNCC(Cc1cccc(Cl)c1)Cc1cc(Br)cs1. The van der Waals surface area contributed by atoms with E-state index in [-0.39, 0.29) is 0 Å². The van der Waals surface area contributed by atoms with Crippen molar-refractivity contribution >= 4 is 38.9 Å². The minimum atomic E-state index is 0.592. The van der Waals surface area contributed by atoms with Gasteiger partial charge in [0, 0.05) is 19.8 Å². The fraction of sp³-hybridized carbons (Fsp3) is 0.333. The number of rotatable bonds is 6. The van der Waals surface area contributed by atoms with Crippen LogP contribution in [0, 0.1) is 5.92 Å². The second kappa shape index (κ2) is 7.44. The lowest BCUT2D eigenvalue weighted by Crippen LogP contribution is -2.22. The molecule has 2 rings (SSSR count). The zero-order valence-electron chi connectivity index (χ0n) is 10.8. The van der Waals surface area contributed by atoms with Crippen LogP contribution in [0.25, 0.3) is 0 Å². The molecule has 0 saturated heterocycles. The van der Waals surface area contributed by atoms with Gasteiger partial charge in [0.25, 0.3) is 0 Å². The molecule has 0 fully saturated rings. The second-order valence-electron chi connectivity index (χ2n) is 4.69. The van der Waals surface area contributed by atoms with Crippen LogP contribution >= 0.6 is 38.9 Å². The molecule has 0 amide bonds. The van der Waals surface area contributed by atoms with Gasteiger partial charge in [-0.3, -0.25) is 0 Å². The minimum Gasteiger partial charge on any atom is -0.319 e. The van der Waals surface area contributed by atoms with E-state index >= 15 is 0 Å². The molecule has 1 aromatic heterocycles. The molecule has 102 valence electrons. The Bertz CT molecular complexity index is 526. The number of halogens is 2. The molecule has 0 spiro atoms. The van der Waals surface area contributed by atoms with E-state index in [9.17, 15) is 0 Å². The van der Waals surface area contributed by atoms with Crippen LogP contribution in [-0.2, 0) is 12.8 Å². The largest absolute Gasteiger partial charge is 0.319 e.